The number of hydrogen-bond acceptors (Lipinski definition) is 4. The van der Waals surface area contributed by atoms with E-state index >= 15 is 0 Å². The number of aromatic carboxylic acids is 1. The summed E-state index contributed by atoms with van der Waals surface area (Å²) < 4.78 is 0. The van der Waals surface area contributed by atoms with Crippen LogP contribution in [0.25, 0.3) is 0 Å². The second kappa shape index (κ2) is 7.91. The lowest BCUT2D eigenvalue weighted by Crippen LogP contribution is -2.49. The van der Waals surface area contributed by atoms with Crippen molar-refractivity contribution in [1.29, 1.82) is 0 Å². The van der Waals surface area contributed by atoms with Gasteiger partial charge in [-0.15, -0.1) is 0 Å². The molecular formula is C20H19N3O5. The Labute approximate surface area is 161 Å². The molecule has 8 nitrogen and oxygen atoms in total. The SMILES string of the molecule is Cc1ccc(C(=O)NCc2ccc(C(=O)O)cc2)cc1N1CCC(=O)NC1=O. The molecule has 0 spiro atoms. The highest BCUT2D eigenvalue weighted by Gasteiger charge is 2.25. The predicted molar refractivity (Wildman–Crippen MR) is 101 cm³/mol. The van der Waals surface area contributed by atoms with Crippen LogP contribution >= 0.6 is 0 Å². The van der Waals surface area contributed by atoms with Gasteiger partial charge in [0.1, 0.15) is 0 Å². The number of urea groups is 1. The van der Waals surface area contributed by atoms with E-state index in [-0.39, 0.29) is 36.9 Å². The summed E-state index contributed by atoms with van der Waals surface area (Å²) in [6.07, 6.45) is 0.202. The fourth-order valence-corrected chi connectivity index (χ4v) is 2.89. The van der Waals surface area contributed by atoms with Crippen molar-refractivity contribution in [2.24, 2.45) is 0 Å². The number of anilines is 1. The van der Waals surface area contributed by atoms with Crippen LogP contribution < -0.4 is 15.5 Å². The Morgan fingerprint density at radius 2 is 1.79 bits per heavy atom. The van der Waals surface area contributed by atoms with Gasteiger partial charge < -0.3 is 10.4 Å². The summed E-state index contributed by atoms with van der Waals surface area (Å²) >= 11 is 0. The molecule has 0 aromatic heterocycles. The molecule has 1 fully saturated rings. The topological polar surface area (TPSA) is 116 Å². The molecule has 0 aliphatic carbocycles. The molecule has 4 amide bonds. The smallest absolute Gasteiger partial charge is 0.335 e. The van der Waals surface area contributed by atoms with Crippen molar-refractivity contribution in [3.8, 4) is 0 Å². The lowest BCUT2D eigenvalue weighted by atomic mass is 10.1. The number of nitrogens with one attached hydrogen (secondary N) is 2. The first-order chi connectivity index (χ1) is 13.3. The number of amides is 4. The van der Waals surface area contributed by atoms with Gasteiger partial charge in [-0.05, 0) is 42.3 Å². The van der Waals surface area contributed by atoms with Crippen LogP contribution in [0.2, 0.25) is 0 Å². The highest BCUT2D eigenvalue weighted by Crippen LogP contribution is 2.23. The number of nitrogens with zero attached hydrogens (tertiary/aromatic N) is 1. The normalized spacial score (nSPS) is 13.8. The molecule has 0 bridgehead atoms. The molecule has 0 saturated carbocycles. The summed E-state index contributed by atoms with van der Waals surface area (Å²) in [7, 11) is 0. The van der Waals surface area contributed by atoms with Crippen LogP contribution in [0.4, 0.5) is 10.5 Å². The predicted octanol–water partition coefficient (Wildman–Crippen LogP) is 2.07. The number of carboxylic acid groups (broad SMARTS) is 1. The molecular weight excluding hydrogens is 362 g/mol. The van der Waals surface area contributed by atoms with Gasteiger partial charge in [-0.1, -0.05) is 18.2 Å². The standard InChI is InChI=1S/C20H19N3O5/c1-12-2-5-15(10-16(12)23-9-8-17(24)22-20(23)28)18(25)21-11-13-3-6-14(7-4-13)19(26)27/h2-7,10H,8-9,11H2,1H3,(H,21,25)(H,26,27)(H,22,24,28). The zero-order valence-electron chi connectivity index (χ0n) is 15.2. The summed E-state index contributed by atoms with van der Waals surface area (Å²) in [5.41, 5.74) is 2.71. The first-order valence-electron chi connectivity index (χ1n) is 8.67. The van der Waals surface area contributed by atoms with Gasteiger partial charge in [0.15, 0.2) is 0 Å². The minimum atomic E-state index is -1.01. The average molecular weight is 381 g/mol. The minimum Gasteiger partial charge on any atom is -0.478 e. The molecule has 2 aromatic rings. The fourth-order valence-electron chi connectivity index (χ4n) is 2.89. The van der Waals surface area contributed by atoms with E-state index in [0.29, 0.717) is 11.3 Å². The van der Waals surface area contributed by atoms with E-state index in [1.54, 1.807) is 30.3 Å². The van der Waals surface area contributed by atoms with Crippen LogP contribution in [0.3, 0.4) is 0 Å². The van der Waals surface area contributed by atoms with E-state index in [9.17, 15) is 19.2 Å². The van der Waals surface area contributed by atoms with Gasteiger partial charge in [-0.2, -0.15) is 0 Å². The number of hydrogen-bond donors (Lipinski definition) is 3. The molecule has 0 radical (unpaired) electrons. The van der Waals surface area contributed by atoms with Gasteiger partial charge >= 0.3 is 12.0 Å². The minimum absolute atomic E-state index is 0.177. The van der Waals surface area contributed by atoms with E-state index < -0.39 is 12.0 Å². The molecule has 28 heavy (non-hydrogen) atoms. The zero-order valence-corrected chi connectivity index (χ0v) is 15.2. The summed E-state index contributed by atoms with van der Waals surface area (Å²) in [4.78, 5) is 48.2. The van der Waals surface area contributed by atoms with Crippen LogP contribution in [0.5, 0.6) is 0 Å². The van der Waals surface area contributed by atoms with Gasteiger partial charge in [0, 0.05) is 30.8 Å². The van der Waals surface area contributed by atoms with Crippen LogP contribution in [0.15, 0.2) is 42.5 Å². The molecule has 144 valence electrons. The summed E-state index contributed by atoms with van der Waals surface area (Å²) in [6, 6.07) is 10.8. The number of carboxylic acids is 1. The molecule has 0 unspecified atom stereocenters. The third kappa shape index (κ3) is 4.17. The molecule has 1 aliphatic heterocycles. The molecule has 3 rings (SSSR count). The Bertz CT molecular complexity index is 953. The van der Waals surface area contributed by atoms with E-state index in [4.69, 9.17) is 5.11 Å². The first-order valence-corrected chi connectivity index (χ1v) is 8.67. The van der Waals surface area contributed by atoms with Gasteiger partial charge in [0.05, 0.1) is 5.56 Å². The fraction of sp³-hybridized carbons (Fsp3) is 0.200. The third-order valence-corrected chi connectivity index (χ3v) is 4.47. The van der Waals surface area contributed by atoms with Crippen LogP contribution in [0.1, 0.15) is 38.3 Å². The van der Waals surface area contributed by atoms with Gasteiger partial charge in [0.25, 0.3) is 5.91 Å². The maximum Gasteiger partial charge on any atom is 0.335 e. The van der Waals surface area contributed by atoms with Crippen LogP contribution in [-0.2, 0) is 11.3 Å². The van der Waals surface area contributed by atoms with Crippen molar-refractivity contribution in [3.63, 3.8) is 0 Å². The molecule has 0 atom stereocenters. The average Bonchev–Trinajstić information content (AvgIpc) is 2.67. The maximum absolute atomic E-state index is 12.5. The second-order valence-electron chi connectivity index (χ2n) is 6.44. The Hall–Kier alpha value is -3.68. The number of aryl methyl sites for hydroxylation is 1. The van der Waals surface area contributed by atoms with Gasteiger partial charge in [0.2, 0.25) is 5.91 Å². The third-order valence-electron chi connectivity index (χ3n) is 4.47. The highest BCUT2D eigenvalue weighted by atomic mass is 16.4. The van der Waals surface area contributed by atoms with Crippen molar-refractivity contribution >= 4 is 29.5 Å². The number of rotatable bonds is 5. The van der Waals surface area contributed by atoms with Crippen molar-refractivity contribution in [3.05, 3.63) is 64.7 Å². The van der Waals surface area contributed by atoms with Crippen molar-refractivity contribution in [1.82, 2.24) is 10.6 Å². The second-order valence-corrected chi connectivity index (χ2v) is 6.44. The van der Waals surface area contributed by atoms with E-state index in [2.05, 4.69) is 10.6 Å². The molecule has 1 saturated heterocycles. The number of carbonyl (C=O) groups excluding carboxylic acids is 3. The monoisotopic (exact) mass is 381 g/mol. The summed E-state index contributed by atoms with van der Waals surface area (Å²) in [6.45, 7) is 2.32. The summed E-state index contributed by atoms with van der Waals surface area (Å²) in [5, 5.41) is 14.0. The first kappa shape index (κ1) is 19.1. The van der Waals surface area contributed by atoms with Crippen LogP contribution in [0, 0.1) is 6.92 Å². The number of carbonyl (C=O) groups is 4. The lowest BCUT2D eigenvalue weighted by Gasteiger charge is -2.28. The molecule has 1 aliphatic rings. The number of imide groups is 1. The molecule has 3 N–H and O–H groups in total. The molecule has 1 heterocycles. The summed E-state index contributed by atoms with van der Waals surface area (Å²) in [5.74, 6) is -1.65. The van der Waals surface area contributed by atoms with E-state index in [0.717, 1.165) is 11.1 Å². The van der Waals surface area contributed by atoms with E-state index in [1.807, 2.05) is 6.92 Å². The Morgan fingerprint density at radius 1 is 1.11 bits per heavy atom. The lowest BCUT2D eigenvalue weighted by molar-refractivity contribution is -0.120. The maximum atomic E-state index is 12.5. The van der Waals surface area contributed by atoms with Gasteiger partial charge in [-0.3, -0.25) is 19.8 Å². The quantitative estimate of drug-likeness (QED) is 0.733. The Kier molecular flexibility index (Phi) is 5.39. The van der Waals surface area contributed by atoms with Crippen molar-refractivity contribution in [2.75, 3.05) is 11.4 Å². The molecule has 8 heteroatoms. The van der Waals surface area contributed by atoms with Crippen molar-refractivity contribution in [2.45, 2.75) is 19.9 Å². The van der Waals surface area contributed by atoms with E-state index in [1.165, 1.54) is 17.0 Å². The van der Waals surface area contributed by atoms with Gasteiger partial charge in [-0.25, -0.2) is 9.59 Å². The zero-order chi connectivity index (χ0) is 20.3. The highest BCUT2D eigenvalue weighted by molar-refractivity contribution is 6.06. The molecule has 2 aromatic carbocycles. The van der Waals surface area contributed by atoms with Crippen LogP contribution in [-0.4, -0.2) is 35.5 Å². The van der Waals surface area contributed by atoms with Crippen molar-refractivity contribution < 1.29 is 24.3 Å². The Balaban J connectivity index is 1.71. The Morgan fingerprint density at radius 3 is 2.43 bits per heavy atom. The number of benzene rings is 2. The largest absolute Gasteiger partial charge is 0.478 e.